The van der Waals surface area contributed by atoms with E-state index in [-0.39, 0.29) is 0 Å². The molecule has 0 aliphatic carbocycles. The van der Waals surface area contributed by atoms with Crippen LogP contribution in [-0.4, -0.2) is 26.8 Å². The molecule has 2 rings (SSSR count). The molecule has 0 saturated heterocycles. The molecule has 0 N–H and O–H groups in total. The highest BCUT2D eigenvalue weighted by molar-refractivity contribution is 6.38. The molecule has 4 nitrogen and oxygen atoms in total. The van der Waals surface area contributed by atoms with Crippen molar-refractivity contribution in [3.8, 4) is 0 Å². The lowest BCUT2D eigenvalue weighted by Crippen LogP contribution is -2.37. The first-order valence-electron chi connectivity index (χ1n) is 7.44. The van der Waals surface area contributed by atoms with E-state index in [2.05, 4.69) is 10.8 Å². The number of methoxy groups -OCH3 is 1. The van der Waals surface area contributed by atoms with Gasteiger partial charge < -0.3 is 4.74 Å². The van der Waals surface area contributed by atoms with E-state index in [0.717, 1.165) is 22.2 Å². The Morgan fingerprint density at radius 1 is 1.04 bits per heavy atom. The Labute approximate surface area is 137 Å². The molecule has 0 aromatic heterocycles. The predicted octanol–water partition coefficient (Wildman–Crippen LogP) is 1.27. The summed E-state index contributed by atoms with van der Waals surface area (Å²) in [6.45, 7) is 4.34. The van der Waals surface area contributed by atoms with Crippen LogP contribution in [0.25, 0.3) is 0 Å². The minimum Gasteiger partial charge on any atom is -0.462 e. The Balaban J connectivity index is 2.38. The number of esters is 1. The number of hydrogen-bond acceptors (Lipinski definition) is 3. The number of anilines is 1. The van der Waals surface area contributed by atoms with Gasteiger partial charge in [-0.15, -0.1) is 0 Å². The Morgan fingerprint density at radius 2 is 1.61 bits per heavy atom. The van der Waals surface area contributed by atoms with E-state index in [9.17, 15) is 9.59 Å². The van der Waals surface area contributed by atoms with E-state index in [1.165, 1.54) is 12.0 Å². The average molecular weight is 309 g/mol. The zero-order valence-corrected chi connectivity index (χ0v) is 13.9. The van der Waals surface area contributed by atoms with Crippen molar-refractivity contribution in [2.45, 2.75) is 20.4 Å². The zero-order chi connectivity index (χ0) is 17.0. The minimum atomic E-state index is -0.866. The molecule has 0 unspecified atom stereocenters. The summed E-state index contributed by atoms with van der Waals surface area (Å²) in [5, 5.41) is 0. The van der Waals surface area contributed by atoms with Gasteiger partial charge in [0, 0.05) is 5.69 Å². The third-order valence-corrected chi connectivity index (χ3v) is 3.57. The lowest BCUT2D eigenvalue weighted by Gasteiger charge is -2.22. The third-order valence-electron chi connectivity index (χ3n) is 3.57. The van der Waals surface area contributed by atoms with E-state index < -0.39 is 11.9 Å². The van der Waals surface area contributed by atoms with Gasteiger partial charge in [0.05, 0.1) is 13.7 Å². The first-order chi connectivity index (χ1) is 10.9. The van der Waals surface area contributed by atoms with Crippen molar-refractivity contribution in [1.82, 2.24) is 0 Å². The van der Waals surface area contributed by atoms with Gasteiger partial charge in [-0.2, -0.15) is 0 Å². The van der Waals surface area contributed by atoms with Gasteiger partial charge in [0.25, 0.3) is 0 Å². The van der Waals surface area contributed by atoms with Gasteiger partial charge in [0.15, 0.2) is 0 Å². The summed E-state index contributed by atoms with van der Waals surface area (Å²) in [4.78, 5) is 25.5. The van der Waals surface area contributed by atoms with Crippen molar-refractivity contribution in [2.24, 2.45) is 0 Å². The van der Waals surface area contributed by atoms with E-state index in [1.807, 2.05) is 58.1 Å². The molecule has 23 heavy (non-hydrogen) atoms. The highest BCUT2D eigenvalue weighted by Crippen LogP contribution is 2.18. The van der Waals surface area contributed by atoms with Crippen LogP contribution in [0, 0.1) is 13.8 Å². The summed E-state index contributed by atoms with van der Waals surface area (Å²) in [5.74, 6) is -1.54. The van der Waals surface area contributed by atoms with Crippen LogP contribution in [-0.2, 0) is 20.9 Å². The highest BCUT2D eigenvalue weighted by Gasteiger charge is 2.24. The molecule has 2 aromatic carbocycles. The quantitative estimate of drug-likeness (QED) is 0.487. The second-order valence-corrected chi connectivity index (χ2v) is 5.71. The summed E-state index contributed by atoms with van der Waals surface area (Å²) in [5.41, 5.74) is 4.97. The minimum absolute atomic E-state index is 0.319. The molecule has 2 aromatic rings. The molecule has 0 saturated carbocycles. The van der Waals surface area contributed by atoms with Crippen molar-refractivity contribution in [1.29, 1.82) is 0 Å². The number of benzene rings is 2. The zero-order valence-electron chi connectivity index (χ0n) is 13.9. The first-order valence-corrected chi connectivity index (χ1v) is 7.44. The summed E-state index contributed by atoms with van der Waals surface area (Å²) >= 11 is 0. The van der Waals surface area contributed by atoms with Gasteiger partial charge >= 0.3 is 11.9 Å². The third kappa shape index (κ3) is 4.22. The van der Waals surface area contributed by atoms with Crippen LogP contribution in [0.3, 0.4) is 0 Å². The summed E-state index contributed by atoms with van der Waals surface area (Å²) in [7, 11) is 3.19. The fourth-order valence-corrected chi connectivity index (χ4v) is 2.55. The lowest BCUT2D eigenvalue weighted by molar-refractivity contribution is -0.151. The van der Waals surface area contributed by atoms with Crippen LogP contribution >= 0.6 is 0 Å². The van der Waals surface area contributed by atoms with Crippen LogP contribution in [0.2, 0.25) is 0 Å². The number of nitrogens with zero attached hydrogens (tertiary/aromatic N) is 1. The van der Waals surface area contributed by atoms with Crippen molar-refractivity contribution >= 4 is 30.9 Å². The van der Waals surface area contributed by atoms with Gasteiger partial charge in [-0.1, -0.05) is 46.9 Å². The normalized spacial score (nSPS) is 10.2. The number of rotatable bonds is 3. The SMILES string of the molecule is Bc1ccc(N(Cc2cc(C)cc(C)c2)C(=O)C(=O)OC)cc1. The molecule has 0 heterocycles. The van der Waals surface area contributed by atoms with Crippen LogP contribution < -0.4 is 10.4 Å². The van der Waals surface area contributed by atoms with Crippen molar-refractivity contribution in [3.63, 3.8) is 0 Å². The van der Waals surface area contributed by atoms with E-state index in [1.54, 1.807) is 0 Å². The topological polar surface area (TPSA) is 46.6 Å². The molecule has 0 aliphatic heterocycles. The predicted molar refractivity (Wildman–Crippen MR) is 93.7 cm³/mol. The first kappa shape index (κ1) is 16.8. The Morgan fingerprint density at radius 3 is 2.13 bits per heavy atom. The van der Waals surface area contributed by atoms with Crippen LogP contribution in [0.5, 0.6) is 0 Å². The maximum atomic E-state index is 12.4. The summed E-state index contributed by atoms with van der Waals surface area (Å²) < 4.78 is 4.59. The van der Waals surface area contributed by atoms with E-state index >= 15 is 0 Å². The summed E-state index contributed by atoms with van der Waals surface area (Å²) in [6.07, 6.45) is 0. The Hall–Kier alpha value is -2.56. The smallest absolute Gasteiger partial charge is 0.397 e. The Bertz CT molecular complexity index is 705. The van der Waals surface area contributed by atoms with Gasteiger partial charge in [-0.05, 0) is 31.5 Å². The number of ether oxygens (including phenoxy) is 1. The molecule has 1 amide bonds. The number of aryl methyl sites for hydroxylation is 2. The molecular weight excluding hydrogens is 289 g/mol. The van der Waals surface area contributed by atoms with Gasteiger partial charge in [-0.25, -0.2) is 4.79 Å². The maximum Gasteiger partial charge on any atom is 0.397 e. The average Bonchev–Trinajstić information content (AvgIpc) is 2.51. The van der Waals surface area contributed by atoms with Crippen molar-refractivity contribution in [2.75, 3.05) is 12.0 Å². The van der Waals surface area contributed by atoms with Gasteiger partial charge in [0.1, 0.15) is 7.85 Å². The Kier molecular flexibility index (Phi) is 5.22. The highest BCUT2D eigenvalue weighted by atomic mass is 16.5. The van der Waals surface area contributed by atoms with Crippen LogP contribution in [0.15, 0.2) is 42.5 Å². The van der Waals surface area contributed by atoms with E-state index in [0.29, 0.717) is 12.2 Å². The van der Waals surface area contributed by atoms with E-state index in [4.69, 9.17) is 0 Å². The van der Waals surface area contributed by atoms with Crippen molar-refractivity contribution in [3.05, 3.63) is 59.2 Å². The molecular formula is C18H20BNO3. The van der Waals surface area contributed by atoms with Crippen LogP contribution in [0.1, 0.15) is 16.7 Å². The molecule has 0 atom stereocenters. The second kappa shape index (κ2) is 7.14. The standard InChI is InChI=1S/C18H20BNO3/c1-12-8-13(2)10-14(9-12)11-20(17(21)18(22)23-3)16-6-4-15(19)5-7-16/h4-10H,11,19H2,1-3H3. The molecule has 0 bridgehead atoms. The number of carbonyl (C=O) groups excluding carboxylic acids is 2. The molecule has 0 radical (unpaired) electrons. The largest absolute Gasteiger partial charge is 0.462 e. The fourth-order valence-electron chi connectivity index (χ4n) is 2.55. The van der Waals surface area contributed by atoms with Crippen molar-refractivity contribution < 1.29 is 14.3 Å². The number of carbonyl (C=O) groups is 2. The molecule has 0 fully saturated rings. The molecule has 118 valence electrons. The molecule has 0 aliphatic rings. The summed E-state index contributed by atoms with van der Waals surface area (Å²) in [6, 6.07) is 13.6. The number of amides is 1. The second-order valence-electron chi connectivity index (χ2n) is 5.71. The monoisotopic (exact) mass is 309 g/mol. The number of hydrogen-bond donors (Lipinski definition) is 0. The molecule has 0 spiro atoms. The van der Waals surface area contributed by atoms with Crippen LogP contribution in [0.4, 0.5) is 5.69 Å². The van der Waals surface area contributed by atoms with Gasteiger partial charge in [0.2, 0.25) is 0 Å². The lowest BCUT2D eigenvalue weighted by atomic mass is 9.96. The van der Waals surface area contributed by atoms with Gasteiger partial charge in [-0.3, -0.25) is 9.69 Å². The molecule has 5 heteroatoms. The fraction of sp³-hybridized carbons (Fsp3) is 0.222. The maximum absolute atomic E-state index is 12.4.